The third-order valence-electron chi connectivity index (χ3n) is 7.00. The molecule has 4 aromatic rings. The topological polar surface area (TPSA) is 98.3 Å². The molecule has 3 N–H and O–H groups in total. The van der Waals surface area contributed by atoms with Gasteiger partial charge in [-0.1, -0.05) is 54.1 Å². The lowest BCUT2D eigenvalue weighted by Gasteiger charge is -2.24. The first-order valence-electron chi connectivity index (χ1n) is 12.6. The van der Waals surface area contributed by atoms with Gasteiger partial charge >= 0.3 is 12.1 Å². The molecule has 0 amide bonds. The molecule has 0 radical (unpaired) electrons. The van der Waals surface area contributed by atoms with Crippen molar-refractivity contribution in [2.45, 2.75) is 44.0 Å². The van der Waals surface area contributed by atoms with Gasteiger partial charge in [0.15, 0.2) is 0 Å². The third kappa shape index (κ3) is 5.99. The molecule has 40 heavy (non-hydrogen) atoms. The molecule has 2 unspecified atom stereocenters. The number of thiophene rings is 1. The number of nitrogens with two attached hydrogens (primary N) is 1. The molecule has 0 saturated heterocycles. The smallest absolute Gasteiger partial charge is 0.429 e. The van der Waals surface area contributed by atoms with E-state index in [0.717, 1.165) is 17.6 Å². The Hall–Kier alpha value is -3.47. The van der Waals surface area contributed by atoms with Crippen LogP contribution in [0.3, 0.4) is 0 Å². The quantitative estimate of drug-likeness (QED) is 0.219. The zero-order valence-electron chi connectivity index (χ0n) is 21.1. The summed E-state index contributed by atoms with van der Waals surface area (Å²) in [6, 6.07) is 12.0. The van der Waals surface area contributed by atoms with Crippen LogP contribution in [0.5, 0.6) is 5.88 Å². The molecule has 3 atom stereocenters. The van der Waals surface area contributed by atoms with Crippen LogP contribution < -0.4 is 10.5 Å². The van der Waals surface area contributed by atoms with Crippen LogP contribution in [-0.2, 0) is 4.79 Å². The Morgan fingerprint density at radius 3 is 2.62 bits per heavy atom. The second-order valence-electron chi connectivity index (χ2n) is 9.69. The molecule has 208 valence electrons. The van der Waals surface area contributed by atoms with Crippen LogP contribution in [-0.4, -0.2) is 33.3 Å². The number of nitrogens with zero attached hydrogens (tertiary/aromatic N) is 2. The molecular weight excluding hydrogens is 563 g/mol. The Bertz CT molecular complexity index is 1560. The van der Waals surface area contributed by atoms with Gasteiger partial charge in [0.05, 0.1) is 5.52 Å². The van der Waals surface area contributed by atoms with Crippen molar-refractivity contribution >= 4 is 44.7 Å². The summed E-state index contributed by atoms with van der Waals surface area (Å²) in [5.74, 6) is -1.02. The summed E-state index contributed by atoms with van der Waals surface area (Å²) in [6.07, 6.45) is -1.31. The Morgan fingerprint density at radius 2 is 1.95 bits per heavy atom. The molecule has 2 aromatic carbocycles. The number of allylic oxidation sites excluding steroid dienone is 2. The van der Waals surface area contributed by atoms with Crippen molar-refractivity contribution in [2.75, 3.05) is 0 Å². The molecule has 0 fully saturated rings. The predicted octanol–water partition coefficient (Wildman–Crippen LogP) is 7.68. The molecule has 0 spiro atoms. The van der Waals surface area contributed by atoms with Crippen LogP contribution in [0.25, 0.3) is 26.9 Å². The van der Waals surface area contributed by atoms with E-state index in [4.69, 9.17) is 27.2 Å². The number of rotatable bonds is 8. The van der Waals surface area contributed by atoms with E-state index in [1.165, 1.54) is 35.9 Å². The number of aromatic nitrogens is 2. The molecule has 11 heteroatoms. The molecule has 5 rings (SSSR count). The fourth-order valence-electron chi connectivity index (χ4n) is 4.99. The van der Waals surface area contributed by atoms with Crippen molar-refractivity contribution < 1.29 is 27.8 Å². The average molecular weight is 588 g/mol. The number of fused-ring (bicyclic) bond motifs is 1. The zero-order chi connectivity index (χ0) is 28.4. The predicted molar refractivity (Wildman–Crippen MR) is 149 cm³/mol. The van der Waals surface area contributed by atoms with Gasteiger partial charge < -0.3 is 15.6 Å². The minimum Gasteiger partial charge on any atom is -0.480 e. The standard InChI is InChI=1S/C29H25ClF3N3O3S/c30-19-10-11-20(21(13-19)17-4-2-1-3-5-17)26(29(31,32)33)39-27-25-24(35-15-36-27)22(14-40-25)18-8-6-16(7-9-18)12-23(34)28(37)38/h1-5,8,10-11,13-16,23,26H,6-7,9,12,34H2,(H,37,38)/t16?,23-,26?/m0/s1. The molecule has 6 nitrogen and oxygen atoms in total. The van der Waals surface area contributed by atoms with Crippen LogP contribution in [0.4, 0.5) is 13.2 Å². The Kier molecular flexibility index (Phi) is 8.11. The van der Waals surface area contributed by atoms with Gasteiger partial charge in [-0.25, -0.2) is 9.97 Å². The van der Waals surface area contributed by atoms with Crippen molar-refractivity contribution in [2.24, 2.45) is 11.7 Å². The van der Waals surface area contributed by atoms with E-state index in [9.17, 15) is 18.0 Å². The van der Waals surface area contributed by atoms with Gasteiger partial charge in [0.2, 0.25) is 12.0 Å². The normalized spacial score (nSPS) is 17.3. The fraction of sp³-hybridized carbons (Fsp3) is 0.276. The Morgan fingerprint density at radius 1 is 1.18 bits per heavy atom. The van der Waals surface area contributed by atoms with Crippen LogP contribution in [0.2, 0.25) is 5.02 Å². The summed E-state index contributed by atoms with van der Waals surface area (Å²) in [6.45, 7) is 0. The second kappa shape index (κ2) is 11.6. The fourth-order valence-corrected chi connectivity index (χ4v) is 6.14. The molecule has 0 saturated carbocycles. The van der Waals surface area contributed by atoms with Gasteiger partial charge in [0, 0.05) is 21.5 Å². The summed E-state index contributed by atoms with van der Waals surface area (Å²) in [5, 5.41) is 11.2. The zero-order valence-corrected chi connectivity index (χ0v) is 22.6. The highest BCUT2D eigenvalue weighted by Gasteiger charge is 2.45. The van der Waals surface area contributed by atoms with Crippen LogP contribution in [0.15, 0.2) is 66.3 Å². The first kappa shape index (κ1) is 28.1. The van der Waals surface area contributed by atoms with E-state index in [1.807, 2.05) is 11.5 Å². The summed E-state index contributed by atoms with van der Waals surface area (Å²) in [5.41, 5.74) is 8.85. The van der Waals surface area contributed by atoms with Gasteiger partial charge in [-0.2, -0.15) is 13.2 Å². The Labute approximate surface area is 237 Å². The maximum absolute atomic E-state index is 14.5. The number of benzene rings is 2. The number of carboxylic acid groups (broad SMARTS) is 1. The molecule has 0 aliphatic heterocycles. The maximum Gasteiger partial charge on any atom is 0.429 e. The monoisotopic (exact) mass is 587 g/mol. The van der Waals surface area contributed by atoms with E-state index >= 15 is 0 Å². The Balaban J connectivity index is 1.47. The van der Waals surface area contributed by atoms with Gasteiger partial charge in [0.25, 0.3) is 0 Å². The first-order chi connectivity index (χ1) is 19.1. The van der Waals surface area contributed by atoms with Crippen molar-refractivity contribution in [3.05, 3.63) is 82.5 Å². The van der Waals surface area contributed by atoms with E-state index in [1.54, 1.807) is 30.3 Å². The molecule has 1 aliphatic rings. The lowest BCUT2D eigenvalue weighted by atomic mass is 9.83. The van der Waals surface area contributed by atoms with Crippen LogP contribution in [0, 0.1) is 5.92 Å². The van der Waals surface area contributed by atoms with Gasteiger partial charge in [-0.3, -0.25) is 4.79 Å². The lowest BCUT2D eigenvalue weighted by molar-refractivity contribution is -0.198. The van der Waals surface area contributed by atoms with Crippen LogP contribution in [0.1, 0.15) is 42.9 Å². The summed E-state index contributed by atoms with van der Waals surface area (Å²) in [7, 11) is 0. The number of halogens is 4. The minimum atomic E-state index is -4.74. The maximum atomic E-state index is 14.5. The number of ether oxygens (including phenoxy) is 1. The van der Waals surface area contributed by atoms with Crippen molar-refractivity contribution in [1.29, 1.82) is 0 Å². The molecule has 0 bridgehead atoms. The van der Waals surface area contributed by atoms with Gasteiger partial charge in [-0.05, 0) is 60.4 Å². The third-order valence-corrected chi connectivity index (χ3v) is 8.19. The SMILES string of the molecule is N[C@@H](CC1CC=C(c2csc3c(OC(c4ccc(Cl)cc4-c4ccccc4)C(F)(F)F)ncnc23)CC1)C(=O)O. The number of aliphatic carboxylic acids is 1. The lowest BCUT2D eigenvalue weighted by Crippen LogP contribution is -2.32. The highest BCUT2D eigenvalue weighted by molar-refractivity contribution is 7.17. The van der Waals surface area contributed by atoms with Crippen molar-refractivity contribution in [3.8, 4) is 17.0 Å². The van der Waals surface area contributed by atoms with Gasteiger partial charge in [-0.15, -0.1) is 11.3 Å². The number of hydrogen-bond donors (Lipinski definition) is 2. The van der Waals surface area contributed by atoms with E-state index in [2.05, 4.69) is 9.97 Å². The summed E-state index contributed by atoms with van der Waals surface area (Å²) >= 11 is 7.39. The average Bonchev–Trinajstić information content (AvgIpc) is 3.37. The highest BCUT2D eigenvalue weighted by Crippen LogP contribution is 2.44. The van der Waals surface area contributed by atoms with E-state index in [0.29, 0.717) is 45.6 Å². The molecule has 2 aromatic heterocycles. The number of alkyl halides is 3. The molecular formula is C29H25ClF3N3O3S. The number of carbonyl (C=O) groups is 1. The van der Waals surface area contributed by atoms with Crippen molar-refractivity contribution in [3.63, 3.8) is 0 Å². The van der Waals surface area contributed by atoms with Crippen LogP contribution >= 0.6 is 22.9 Å². The minimum absolute atomic E-state index is 0.0766. The number of carboxylic acids is 1. The molecule has 1 aliphatic carbocycles. The summed E-state index contributed by atoms with van der Waals surface area (Å²) < 4.78 is 49.6. The largest absolute Gasteiger partial charge is 0.480 e. The molecule has 2 heterocycles. The highest BCUT2D eigenvalue weighted by atomic mass is 35.5. The van der Waals surface area contributed by atoms with Gasteiger partial charge in [0.1, 0.15) is 17.1 Å². The summed E-state index contributed by atoms with van der Waals surface area (Å²) in [4.78, 5) is 19.6. The number of hydrogen-bond acceptors (Lipinski definition) is 6. The van der Waals surface area contributed by atoms with E-state index in [-0.39, 0.29) is 17.4 Å². The first-order valence-corrected chi connectivity index (χ1v) is 13.9. The van der Waals surface area contributed by atoms with Crippen molar-refractivity contribution in [1.82, 2.24) is 9.97 Å². The van der Waals surface area contributed by atoms with E-state index < -0.39 is 24.3 Å². The second-order valence-corrected chi connectivity index (χ2v) is 11.0.